The summed E-state index contributed by atoms with van der Waals surface area (Å²) in [5.41, 5.74) is 0.0273. The zero-order valence-corrected chi connectivity index (χ0v) is 12.1. The molecule has 0 aliphatic heterocycles. The number of esters is 1. The summed E-state index contributed by atoms with van der Waals surface area (Å²) in [6.45, 7) is 1.30. The number of ether oxygens (including phenoxy) is 1. The van der Waals surface area contributed by atoms with Gasteiger partial charge in [-0.1, -0.05) is 17.7 Å². The summed E-state index contributed by atoms with van der Waals surface area (Å²) in [6.07, 6.45) is 0. The van der Waals surface area contributed by atoms with Gasteiger partial charge in [0, 0.05) is 12.5 Å². The number of rotatable bonds is 3. The fourth-order valence-corrected chi connectivity index (χ4v) is 2.72. The zero-order chi connectivity index (χ0) is 14.9. The van der Waals surface area contributed by atoms with Gasteiger partial charge in [0.1, 0.15) is 9.88 Å². The predicted molar refractivity (Wildman–Crippen MR) is 73.9 cm³/mol. The van der Waals surface area contributed by atoms with E-state index in [1.165, 1.54) is 26.2 Å². The van der Waals surface area contributed by atoms with E-state index in [4.69, 9.17) is 11.6 Å². The Morgan fingerprint density at radius 3 is 2.70 bits per heavy atom. The molecule has 0 radical (unpaired) electrons. The molecule has 0 spiro atoms. The molecule has 0 amide bonds. The number of benzene rings is 1. The molecule has 2 rings (SSSR count). The minimum atomic E-state index is -0.736. The lowest BCUT2D eigenvalue weighted by Crippen LogP contribution is -2.06. The number of thiazole rings is 1. The highest BCUT2D eigenvalue weighted by Crippen LogP contribution is 2.33. The first-order chi connectivity index (χ1) is 9.45. The first-order valence-corrected chi connectivity index (χ1v) is 6.69. The largest absolute Gasteiger partial charge is 0.464 e. The van der Waals surface area contributed by atoms with Crippen LogP contribution in [0.5, 0.6) is 0 Å². The molecule has 2 aromatic rings. The smallest absolute Gasteiger partial charge is 0.358 e. The van der Waals surface area contributed by atoms with Crippen molar-refractivity contribution in [3.8, 4) is 10.6 Å². The molecule has 0 saturated heterocycles. The van der Waals surface area contributed by atoms with Crippen molar-refractivity contribution in [2.75, 3.05) is 7.11 Å². The number of carbonyl (C=O) groups is 2. The van der Waals surface area contributed by atoms with Crippen LogP contribution in [0.15, 0.2) is 18.2 Å². The van der Waals surface area contributed by atoms with E-state index in [0.29, 0.717) is 0 Å². The van der Waals surface area contributed by atoms with Gasteiger partial charge in [-0.3, -0.25) is 4.79 Å². The maximum atomic E-state index is 13.9. The minimum absolute atomic E-state index is 0.0540. The summed E-state index contributed by atoms with van der Waals surface area (Å²) < 4.78 is 18.5. The van der Waals surface area contributed by atoms with Gasteiger partial charge in [0.05, 0.1) is 12.1 Å². The quantitative estimate of drug-likeness (QED) is 0.642. The van der Waals surface area contributed by atoms with Gasteiger partial charge in [-0.05, 0) is 12.1 Å². The lowest BCUT2D eigenvalue weighted by molar-refractivity contribution is 0.0591. The highest BCUT2D eigenvalue weighted by molar-refractivity contribution is 7.17. The molecule has 7 heteroatoms. The van der Waals surface area contributed by atoms with Crippen LogP contribution >= 0.6 is 22.9 Å². The second-order valence-electron chi connectivity index (χ2n) is 3.85. The molecule has 0 aliphatic carbocycles. The summed E-state index contributed by atoms with van der Waals surface area (Å²) in [7, 11) is 1.19. The number of hydrogen-bond donors (Lipinski definition) is 0. The molecule has 0 aliphatic rings. The number of aromatic nitrogens is 1. The van der Waals surface area contributed by atoms with Crippen molar-refractivity contribution in [3.63, 3.8) is 0 Å². The number of hydrogen-bond acceptors (Lipinski definition) is 5. The first-order valence-electron chi connectivity index (χ1n) is 5.50. The van der Waals surface area contributed by atoms with Crippen LogP contribution in [0, 0.1) is 5.82 Å². The molecule has 1 aromatic carbocycles. The molecule has 0 unspecified atom stereocenters. The van der Waals surface area contributed by atoms with E-state index in [2.05, 4.69) is 9.72 Å². The number of methoxy groups -OCH3 is 1. The van der Waals surface area contributed by atoms with Crippen LogP contribution in [-0.4, -0.2) is 23.8 Å². The summed E-state index contributed by atoms with van der Waals surface area (Å²) in [5, 5.41) is 0.150. The monoisotopic (exact) mass is 313 g/mol. The summed E-state index contributed by atoms with van der Waals surface area (Å²) in [5.74, 6) is -1.72. The third kappa shape index (κ3) is 2.57. The Morgan fingerprint density at radius 1 is 1.40 bits per heavy atom. The molecule has 4 nitrogen and oxygen atoms in total. The third-order valence-electron chi connectivity index (χ3n) is 2.51. The topological polar surface area (TPSA) is 56.3 Å². The molecular formula is C13H9ClFNO3S. The summed E-state index contributed by atoms with van der Waals surface area (Å²) in [6, 6.07) is 4.44. The van der Waals surface area contributed by atoms with E-state index in [-0.39, 0.29) is 31.9 Å². The van der Waals surface area contributed by atoms with Crippen LogP contribution in [0.4, 0.5) is 4.39 Å². The Labute approximate surface area is 123 Å². The summed E-state index contributed by atoms with van der Waals surface area (Å²) >= 11 is 6.63. The Balaban J connectivity index is 2.62. The van der Waals surface area contributed by atoms with Gasteiger partial charge in [-0.15, -0.1) is 11.3 Å². The second kappa shape index (κ2) is 5.68. The molecular weight excluding hydrogens is 305 g/mol. The number of Topliss-reactive ketones (excluding diaryl/α,β-unsaturated/α-hetero) is 1. The maximum Gasteiger partial charge on any atom is 0.358 e. The van der Waals surface area contributed by atoms with E-state index in [0.717, 1.165) is 11.3 Å². The fourth-order valence-electron chi connectivity index (χ4n) is 1.58. The average molecular weight is 314 g/mol. The van der Waals surface area contributed by atoms with E-state index >= 15 is 0 Å². The Morgan fingerprint density at radius 2 is 2.10 bits per heavy atom. The molecule has 20 heavy (non-hydrogen) atoms. The molecule has 0 atom stereocenters. The number of halogens is 2. The lowest BCUT2D eigenvalue weighted by atomic mass is 10.2. The van der Waals surface area contributed by atoms with E-state index in [1.807, 2.05) is 0 Å². The molecule has 0 saturated carbocycles. The van der Waals surface area contributed by atoms with Crippen molar-refractivity contribution in [2.24, 2.45) is 0 Å². The molecule has 1 heterocycles. The van der Waals surface area contributed by atoms with Crippen molar-refractivity contribution in [3.05, 3.63) is 39.6 Å². The van der Waals surface area contributed by atoms with Crippen molar-refractivity contribution < 1.29 is 18.7 Å². The van der Waals surface area contributed by atoms with Gasteiger partial charge >= 0.3 is 5.97 Å². The van der Waals surface area contributed by atoms with Crippen molar-refractivity contribution in [1.29, 1.82) is 0 Å². The predicted octanol–water partition coefficient (Wildman–Crippen LogP) is 3.59. The zero-order valence-electron chi connectivity index (χ0n) is 10.6. The number of carbonyl (C=O) groups excluding carboxylic acids is 2. The van der Waals surface area contributed by atoms with Crippen LogP contribution in [0.25, 0.3) is 10.6 Å². The molecule has 0 N–H and O–H groups in total. The number of ketones is 1. The van der Waals surface area contributed by atoms with E-state index < -0.39 is 11.8 Å². The minimum Gasteiger partial charge on any atom is -0.464 e. The molecule has 0 bridgehead atoms. The van der Waals surface area contributed by atoms with Crippen LogP contribution in [0.1, 0.15) is 27.1 Å². The SMILES string of the molecule is COC(=O)c1nc(-c2cccc(Cl)c2F)sc1C(C)=O. The molecule has 0 fully saturated rings. The first kappa shape index (κ1) is 14.6. The Kier molecular flexibility index (Phi) is 4.15. The van der Waals surface area contributed by atoms with Crippen molar-refractivity contribution in [1.82, 2.24) is 4.98 Å². The van der Waals surface area contributed by atoms with Gasteiger partial charge in [0.15, 0.2) is 17.3 Å². The average Bonchev–Trinajstić information content (AvgIpc) is 2.86. The van der Waals surface area contributed by atoms with E-state index in [1.54, 1.807) is 6.07 Å². The Hall–Kier alpha value is -1.79. The highest BCUT2D eigenvalue weighted by atomic mass is 35.5. The van der Waals surface area contributed by atoms with Gasteiger partial charge in [0.2, 0.25) is 0 Å². The van der Waals surface area contributed by atoms with Crippen molar-refractivity contribution >= 4 is 34.7 Å². The number of nitrogens with zero attached hydrogens (tertiary/aromatic N) is 1. The standard InChI is InChI=1S/C13H9ClFNO3S/c1-6(17)11-10(13(18)19-2)16-12(20-11)7-4-3-5-8(14)9(7)15/h3-5H,1-2H3. The van der Waals surface area contributed by atoms with E-state index in [9.17, 15) is 14.0 Å². The van der Waals surface area contributed by atoms with Crippen LogP contribution in [0.3, 0.4) is 0 Å². The van der Waals surface area contributed by atoms with Gasteiger partial charge in [0.25, 0.3) is 0 Å². The van der Waals surface area contributed by atoms with Crippen molar-refractivity contribution in [2.45, 2.75) is 6.92 Å². The normalized spacial score (nSPS) is 10.4. The summed E-state index contributed by atoms with van der Waals surface area (Å²) in [4.78, 5) is 27.2. The molecule has 1 aromatic heterocycles. The van der Waals surface area contributed by atoms with Gasteiger partial charge in [-0.25, -0.2) is 14.2 Å². The van der Waals surface area contributed by atoms with Crippen LogP contribution in [0.2, 0.25) is 5.02 Å². The van der Waals surface area contributed by atoms with Gasteiger partial charge in [-0.2, -0.15) is 0 Å². The van der Waals surface area contributed by atoms with Gasteiger partial charge < -0.3 is 4.74 Å². The third-order valence-corrected chi connectivity index (χ3v) is 3.99. The Bertz CT molecular complexity index is 699. The van der Waals surface area contributed by atoms with Crippen LogP contribution in [-0.2, 0) is 4.74 Å². The van der Waals surface area contributed by atoms with Crippen LogP contribution < -0.4 is 0 Å². The maximum absolute atomic E-state index is 13.9. The lowest BCUT2D eigenvalue weighted by Gasteiger charge is -1.99. The molecule has 104 valence electrons. The highest BCUT2D eigenvalue weighted by Gasteiger charge is 2.23. The second-order valence-corrected chi connectivity index (χ2v) is 5.25. The fraction of sp³-hybridized carbons (Fsp3) is 0.154.